The smallest absolute Gasteiger partial charge is 0.317 e. The van der Waals surface area contributed by atoms with E-state index in [4.69, 9.17) is 0 Å². The Bertz CT molecular complexity index is 380. The summed E-state index contributed by atoms with van der Waals surface area (Å²) in [6.45, 7) is 1.88. The summed E-state index contributed by atoms with van der Waals surface area (Å²) in [4.78, 5) is 27.5. The summed E-state index contributed by atoms with van der Waals surface area (Å²) in [6, 6.07) is 0.133. The topological polar surface area (TPSA) is 72.9 Å². The van der Waals surface area contributed by atoms with E-state index in [1.165, 1.54) is 0 Å². The van der Waals surface area contributed by atoms with Crippen molar-refractivity contribution in [3.05, 3.63) is 0 Å². The van der Waals surface area contributed by atoms with Gasteiger partial charge in [-0.3, -0.25) is 4.79 Å². The Morgan fingerprint density at radius 2 is 2.05 bits per heavy atom. The van der Waals surface area contributed by atoms with Crippen molar-refractivity contribution in [3.63, 3.8) is 0 Å². The molecule has 6 nitrogen and oxygen atoms in total. The molecule has 1 saturated heterocycles. The molecule has 0 aromatic carbocycles. The summed E-state index contributed by atoms with van der Waals surface area (Å²) < 4.78 is 0. The van der Waals surface area contributed by atoms with Crippen molar-refractivity contribution in [1.82, 2.24) is 15.1 Å². The number of carbonyl (C=O) groups is 2. The zero-order chi connectivity index (χ0) is 14.8. The van der Waals surface area contributed by atoms with Crippen LogP contribution in [0.2, 0.25) is 0 Å². The minimum Gasteiger partial charge on any atom is -0.481 e. The first kappa shape index (κ1) is 15.1. The number of carbonyl (C=O) groups excluding carboxylic acids is 1. The zero-order valence-electron chi connectivity index (χ0n) is 12.4. The van der Waals surface area contributed by atoms with E-state index in [1.807, 2.05) is 19.0 Å². The molecule has 1 aliphatic carbocycles. The summed E-state index contributed by atoms with van der Waals surface area (Å²) in [5.74, 6) is -0.782. The number of nitrogens with zero attached hydrogens (tertiary/aromatic N) is 2. The average molecular weight is 283 g/mol. The number of likely N-dealkylation sites (N-methyl/N-ethyl adjacent to an activating group) is 1. The van der Waals surface area contributed by atoms with Gasteiger partial charge in [-0.25, -0.2) is 4.79 Å². The van der Waals surface area contributed by atoms with Crippen LogP contribution < -0.4 is 5.32 Å². The number of rotatable bonds is 5. The van der Waals surface area contributed by atoms with E-state index in [-0.39, 0.29) is 18.6 Å². The molecule has 0 aromatic rings. The van der Waals surface area contributed by atoms with Gasteiger partial charge in [0.15, 0.2) is 0 Å². The van der Waals surface area contributed by atoms with Crippen LogP contribution >= 0.6 is 0 Å². The first-order valence-corrected chi connectivity index (χ1v) is 7.37. The first-order valence-electron chi connectivity index (χ1n) is 7.37. The summed E-state index contributed by atoms with van der Waals surface area (Å²) in [5.41, 5.74) is -0.716. The van der Waals surface area contributed by atoms with Crippen molar-refractivity contribution in [3.8, 4) is 0 Å². The number of likely N-dealkylation sites (tertiary alicyclic amines) is 1. The van der Waals surface area contributed by atoms with E-state index < -0.39 is 11.4 Å². The molecule has 0 bridgehead atoms. The van der Waals surface area contributed by atoms with E-state index in [1.54, 1.807) is 0 Å². The van der Waals surface area contributed by atoms with E-state index in [2.05, 4.69) is 10.2 Å². The van der Waals surface area contributed by atoms with Crippen LogP contribution in [0.1, 0.15) is 32.1 Å². The Kier molecular flexibility index (Phi) is 4.52. The Morgan fingerprint density at radius 1 is 1.35 bits per heavy atom. The van der Waals surface area contributed by atoms with Gasteiger partial charge >= 0.3 is 12.0 Å². The van der Waals surface area contributed by atoms with E-state index in [0.717, 1.165) is 32.4 Å². The Labute approximate surface area is 120 Å². The minimum absolute atomic E-state index is 0.109. The molecule has 2 fully saturated rings. The number of amides is 2. The van der Waals surface area contributed by atoms with Gasteiger partial charge in [0.05, 0.1) is 5.41 Å². The molecule has 0 spiro atoms. The van der Waals surface area contributed by atoms with Gasteiger partial charge in [0.1, 0.15) is 0 Å². The molecule has 2 aliphatic rings. The molecule has 20 heavy (non-hydrogen) atoms. The molecule has 6 heteroatoms. The van der Waals surface area contributed by atoms with Gasteiger partial charge in [0, 0.05) is 25.7 Å². The van der Waals surface area contributed by atoms with Gasteiger partial charge in [-0.2, -0.15) is 0 Å². The predicted octanol–water partition coefficient (Wildman–Crippen LogP) is 0.977. The summed E-state index contributed by atoms with van der Waals surface area (Å²) in [5, 5.41) is 12.1. The monoisotopic (exact) mass is 283 g/mol. The number of carboxylic acid groups (broad SMARTS) is 1. The van der Waals surface area contributed by atoms with E-state index >= 15 is 0 Å². The van der Waals surface area contributed by atoms with Crippen LogP contribution in [-0.2, 0) is 4.79 Å². The number of hydrogen-bond acceptors (Lipinski definition) is 3. The second-order valence-corrected chi connectivity index (χ2v) is 6.35. The van der Waals surface area contributed by atoms with Crippen molar-refractivity contribution in [2.45, 2.75) is 38.1 Å². The van der Waals surface area contributed by atoms with Crippen molar-refractivity contribution in [1.29, 1.82) is 0 Å². The van der Waals surface area contributed by atoms with Crippen LogP contribution in [0.25, 0.3) is 0 Å². The molecule has 2 amide bonds. The summed E-state index contributed by atoms with van der Waals surface area (Å²) >= 11 is 0. The third-order valence-corrected chi connectivity index (χ3v) is 4.56. The van der Waals surface area contributed by atoms with Crippen LogP contribution in [0.4, 0.5) is 4.79 Å². The molecule has 1 aliphatic heterocycles. The SMILES string of the molecule is CN(C)CC1CCCN1C(=O)NCC1(C(=O)O)CCC1. The first-order chi connectivity index (χ1) is 9.44. The molecule has 114 valence electrons. The maximum absolute atomic E-state index is 12.2. The van der Waals surface area contributed by atoms with Gasteiger partial charge in [0.25, 0.3) is 0 Å². The van der Waals surface area contributed by atoms with Gasteiger partial charge in [-0.1, -0.05) is 6.42 Å². The lowest BCUT2D eigenvalue weighted by molar-refractivity contribution is -0.153. The molecule has 1 atom stereocenters. The number of aliphatic carboxylic acids is 1. The fraction of sp³-hybridized carbons (Fsp3) is 0.857. The largest absolute Gasteiger partial charge is 0.481 e. The van der Waals surface area contributed by atoms with Crippen molar-refractivity contribution in [2.24, 2.45) is 5.41 Å². The predicted molar refractivity (Wildman–Crippen MR) is 75.6 cm³/mol. The van der Waals surface area contributed by atoms with Gasteiger partial charge < -0.3 is 20.2 Å². The van der Waals surface area contributed by atoms with Crippen LogP contribution in [0.5, 0.6) is 0 Å². The summed E-state index contributed by atoms with van der Waals surface area (Å²) in [7, 11) is 4.00. The molecule has 1 saturated carbocycles. The standard InChI is InChI=1S/C14H25N3O3/c1-16(2)9-11-5-3-8-17(11)13(20)15-10-14(12(18)19)6-4-7-14/h11H,3-10H2,1-2H3,(H,15,20)(H,18,19). The third kappa shape index (κ3) is 3.06. The van der Waals surface area contributed by atoms with Crippen molar-refractivity contribution < 1.29 is 14.7 Å². The lowest BCUT2D eigenvalue weighted by Gasteiger charge is -2.38. The second kappa shape index (κ2) is 5.99. The Morgan fingerprint density at radius 3 is 2.55 bits per heavy atom. The molecule has 2 N–H and O–H groups in total. The number of nitrogens with one attached hydrogen (secondary N) is 1. The fourth-order valence-electron chi connectivity index (χ4n) is 3.13. The maximum Gasteiger partial charge on any atom is 0.317 e. The highest BCUT2D eigenvalue weighted by Crippen LogP contribution is 2.40. The van der Waals surface area contributed by atoms with Gasteiger partial charge in [0.2, 0.25) is 0 Å². The highest BCUT2D eigenvalue weighted by atomic mass is 16.4. The van der Waals surface area contributed by atoms with Gasteiger partial charge in [-0.15, -0.1) is 0 Å². The van der Waals surface area contributed by atoms with E-state index in [0.29, 0.717) is 12.8 Å². The minimum atomic E-state index is -0.782. The third-order valence-electron chi connectivity index (χ3n) is 4.56. The fourth-order valence-corrected chi connectivity index (χ4v) is 3.13. The number of urea groups is 1. The molecule has 1 heterocycles. The molecular weight excluding hydrogens is 258 g/mol. The molecule has 2 rings (SSSR count). The van der Waals surface area contributed by atoms with Crippen molar-refractivity contribution >= 4 is 12.0 Å². The highest BCUT2D eigenvalue weighted by Gasteiger charge is 2.45. The quantitative estimate of drug-likeness (QED) is 0.789. The molecule has 1 unspecified atom stereocenters. The zero-order valence-corrected chi connectivity index (χ0v) is 12.4. The Hall–Kier alpha value is -1.30. The molecule has 0 radical (unpaired) electrons. The second-order valence-electron chi connectivity index (χ2n) is 6.35. The van der Waals surface area contributed by atoms with Gasteiger partial charge in [-0.05, 0) is 39.8 Å². The average Bonchev–Trinajstić information content (AvgIpc) is 2.74. The number of hydrogen-bond donors (Lipinski definition) is 2. The van der Waals surface area contributed by atoms with Crippen molar-refractivity contribution in [2.75, 3.05) is 33.7 Å². The van der Waals surface area contributed by atoms with Crippen LogP contribution in [-0.4, -0.2) is 66.7 Å². The van der Waals surface area contributed by atoms with Crippen LogP contribution in [0.15, 0.2) is 0 Å². The number of carboxylic acids is 1. The Balaban J connectivity index is 1.86. The summed E-state index contributed by atoms with van der Waals surface area (Å²) in [6.07, 6.45) is 4.33. The molecular formula is C14H25N3O3. The van der Waals surface area contributed by atoms with Crippen LogP contribution in [0.3, 0.4) is 0 Å². The normalized spacial score (nSPS) is 24.6. The lowest BCUT2D eigenvalue weighted by Crippen LogP contribution is -2.52. The highest BCUT2D eigenvalue weighted by molar-refractivity contribution is 5.79. The molecule has 0 aromatic heterocycles. The van der Waals surface area contributed by atoms with Crippen LogP contribution in [0, 0.1) is 5.41 Å². The van der Waals surface area contributed by atoms with E-state index in [9.17, 15) is 14.7 Å². The maximum atomic E-state index is 12.2. The lowest BCUT2D eigenvalue weighted by atomic mass is 9.69.